The third kappa shape index (κ3) is 5.09. The van der Waals surface area contributed by atoms with Crippen LogP contribution >= 0.6 is 0 Å². The van der Waals surface area contributed by atoms with Gasteiger partial charge in [-0.3, -0.25) is 14.4 Å². The Morgan fingerprint density at radius 1 is 0.917 bits per heavy atom. The summed E-state index contributed by atoms with van der Waals surface area (Å²) in [6.45, 7) is 13.8. The van der Waals surface area contributed by atoms with Crippen LogP contribution in [0.3, 0.4) is 0 Å². The second kappa shape index (κ2) is 13.2. The number of hydrogen-bond donors (Lipinski definition) is 1. The molecule has 3 aliphatic rings. The number of rotatable bonds is 12. The number of aliphatic hydroxyl groups is 1. The summed E-state index contributed by atoms with van der Waals surface area (Å²) in [4.78, 5) is 50.3. The average molecular weight is 648 g/mol. The molecule has 3 fully saturated rings. The topological polar surface area (TPSA) is 90.4 Å². The van der Waals surface area contributed by atoms with Crippen LogP contribution in [0, 0.1) is 25.7 Å². The summed E-state index contributed by atoms with van der Waals surface area (Å²) in [6.07, 6.45) is 4.82. The molecule has 6 rings (SSSR count). The summed E-state index contributed by atoms with van der Waals surface area (Å²) in [5.74, 6) is -2.66. The van der Waals surface area contributed by atoms with Crippen LogP contribution < -0.4 is 9.80 Å². The first-order valence-electron chi connectivity index (χ1n) is 16.8. The number of benzene rings is 3. The standard InChI is InChI=1S/C40H45N3O5/c1-6-24-41(30-20-13-10-14-21-30)36(45)32-33-37(46)43(31(26-44)29-18-11-9-12-19-29)35(40(33)23-22-39(32,8-3)48-40)38(47)42(25-7-2)34-27(4)16-15-17-28(34)5/h6-7,9-21,31-33,35,44H,1-2,8,22-26H2,3-5H3/t31-,32-,33+,35?,39+,40?/m1/s1. The molecule has 6 atom stereocenters. The highest BCUT2D eigenvalue weighted by atomic mass is 16.5. The summed E-state index contributed by atoms with van der Waals surface area (Å²) in [6, 6.07) is 22.6. The Bertz CT molecular complexity index is 1690. The Morgan fingerprint density at radius 3 is 2.10 bits per heavy atom. The number of fused-ring (bicyclic) bond motifs is 1. The van der Waals surface area contributed by atoms with E-state index in [4.69, 9.17) is 4.74 Å². The van der Waals surface area contributed by atoms with Crippen molar-refractivity contribution in [2.24, 2.45) is 11.8 Å². The van der Waals surface area contributed by atoms with E-state index in [1.807, 2.05) is 99.6 Å². The number of nitrogens with zero attached hydrogens (tertiary/aromatic N) is 3. The largest absolute Gasteiger partial charge is 0.394 e. The molecule has 250 valence electrons. The van der Waals surface area contributed by atoms with Gasteiger partial charge in [0, 0.05) is 24.5 Å². The van der Waals surface area contributed by atoms with Crippen molar-refractivity contribution in [3.05, 3.63) is 121 Å². The van der Waals surface area contributed by atoms with Crippen molar-refractivity contribution in [2.75, 3.05) is 29.5 Å². The van der Waals surface area contributed by atoms with Gasteiger partial charge in [-0.25, -0.2) is 0 Å². The lowest BCUT2D eigenvalue weighted by Crippen LogP contribution is -2.57. The molecule has 3 aromatic rings. The van der Waals surface area contributed by atoms with Gasteiger partial charge in [-0.15, -0.1) is 13.2 Å². The van der Waals surface area contributed by atoms with Crippen LogP contribution in [-0.4, -0.2) is 64.7 Å². The zero-order valence-electron chi connectivity index (χ0n) is 28.0. The van der Waals surface area contributed by atoms with Gasteiger partial charge in [0.2, 0.25) is 11.8 Å². The molecule has 2 bridgehead atoms. The van der Waals surface area contributed by atoms with Gasteiger partial charge in [-0.1, -0.05) is 85.8 Å². The van der Waals surface area contributed by atoms with E-state index in [9.17, 15) is 9.90 Å². The van der Waals surface area contributed by atoms with Gasteiger partial charge in [-0.05, 0) is 61.9 Å². The van der Waals surface area contributed by atoms with Gasteiger partial charge >= 0.3 is 0 Å². The maximum Gasteiger partial charge on any atom is 0.253 e. The molecule has 3 aliphatic heterocycles. The number of aliphatic hydroxyl groups excluding tert-OH is 1. The number of anilines is 2. The lowest BCUT2D eigenvalue weighted by molar-refractivity contribution is -0.149. The predicted octanol–water partition coefficient (Wildman–Crippen LogP) is 5.93. The predicted molar refractivity (Wildman–Crippen MR) is 187 cm³/mol. The smallest absolute Gasteiger partial charge is 0.253 e. The Labute approximate surface area is 283 Å². The number of carbonyl (C=O) groups is 3. The lowest BCUT2D eigenvalue weighted by atomic mass is 9.64. The Balaban J connectivity index is 1.54. The van der Waals surface area contributed by atoms with E-state index < -0.39 is 41.7 Å². The number of para-hydroxylation sites is 2. The first kappa shape index (κ1) is 33.4. The van der Waals surface area contributed by atoms with Gasteiger partial charge in [-0.2, -0.15) is 0 Å². The quantitative estimate of drug-likeness (QED) is 0.246. The summed E-state index contributed by atoms with van der Waals surface area (Å²) in [5.41, 5.74) is 1.76. The van der Waals surface area contributed by atoms with Crippen LogP contribution in [0.1, 0.15) is 48.9 Å². The fourth-order valence-electron chi connectivity index (χ4n) is 8.70. The van der Waals surface area contributed by atoms with Crippen LogP contribution in [0.4, 0.5) is 11.4 Å². The molecular formula is C40H45N3O5. The van der Waals surface area contributed by atoms with Crippen LogP contribution in [0.5, 0.6) is 0 Å². The highest BCUT2D eigenvalue weighted by Gasteiger charge is 2.79. The van der Waals surface area contributed by atoms with Crippen molar-refractivity contribution in [3.63, 3.8) is 0 Å². The van der Waals surface area contributed by atoms with Crippen LogP contribution in [0.15, 0.2) is 104 Å². The molecule has 1 spiro atoms. The lowest BCUT2D eigenvalue weighted by Gasteiger charge is -2.40. The van der Waals surface area contributed by atoms with Crippen molar-refractivity contribution >= 4 is 29.1 Å². The average Bonchev–Trinajstić information content (AvgIpc) is 3.71. The molecule has 0 saturated carbocycles. The molecule has 1 N–H and O–H groups in total. The number of likely N-dealkylation sites (tertiary alicyclic amines) is 1. The third-order valence-electron chi connectivity index (χ3n) is 10.7. The van der Waals surface area contributed by atoms with Crippen molar-refractivity contribution in [1.29, 1.82) is 0 Å². The van der Waals surface area contributed by atoms with Gasteiger partial charge < -0.3 is 24.5 Å². The Morgan fingerprint density at radius 2 is 1.52 bits per heavy atom. The molecule has 48 heavy (non-hydrogen) atoms. The highest BCUT2D eigenvalue weighted by molar-refractivity contribution is 6.07. The van der Waals surface area contributed by atoms with Crippen LogP contribution in [-0.2, 0) is 19.1 Å². The minimum atomic E-state index is -1.28. The van der Waals surface area contributed by atoms with Gasteiger partial charge in [0.15, 0.2) is 0 Å². The second-order valence-corrected chi connectivity index (χ2v) is 13.2. The molecule has 3 saturated heterocycles. The minimum absolute atomic E-state index is 0.210. The van der Waals surface area contributed by atoms with Crippen LogP contribution in [0.25, 0.3) is 0 Å². The zero-order chi connectivity index (χ0) is 34.2. The molecule has 8 nitrogen and oxygen atoms in total. The molecule has 3 amide bonds. The first-order chi connectivity index (χ1) is 23.2. The summed E-state index contributed by atoms with van der Waals surface area (Å²) in [5, 5.41) is 11.0. The van der Waals surface area contributed by atoms with Gasteiger partial charge in [0.1, 0.15) is 11.6 Å². The molecule has 3 aromatic carbocycles. The number of hydrogen-bond acceptors (Lipinski definition) is 5. The maximum absolute atomic E-state index is 15.3. The first-order valence-corrected chi connectivity index (χ1v) is 16.8. The summed E-state index contributed by atoms with van der Waals surface area (Å²) < 4.78 is 7.12. The van der Waals surface area contributed by atoms with E-state index in [2.05, 4.69) is 13.2 Å². The fourth-order valence-corrected chi connectivity index (χ4v) is 8.70. The minimum Gasteiger partial charge on any atom is -0.394 e. The molecule has 0 radical (unpaired) electrons. The van der Waals surface area contributed by atoms with E-state index >= 15 is 9.59 Å². The molecular weight excluding hydrogens is 602 g/mol. The molecule has 3 heterocycles. The maximum atomic E-state index is 15.3. The van der Waals surface area contributed by atoms with Crippen molar-refractivity contribution < 1.29 is 24.2 Å². The van der Waals surface area contributed by atoms with E-state index in [0.717, 1.165) is 16.8 Å². The van der Waals surface area contributed by atoms with Crippen molar-refractivity contribution in [1.82, 2.24) is 4.90 Å². The van der Waals surface area contributed by atoms with E-state index in [0.29, 0.717) is 30.5 Å². The number of aryl methyl sites for hydroxylation is 2. The normalized spacial score (nSPS) is 26.2. The number of carbonyl (C=O) groups excluding carboxylic acids is 3. The molecule has 2 unspecified atom stereocenters. The fraction of sp³-hybridized carbons (Fsp3) is 0.375. The second-order valence-electron chi connectivity index (χ2n) is 13.2. The molecule has 0 aliphatic carbocycles. The van der Waals surface area contributed by atoms with Crippen molar-refractivity contribution in [2.45, 2.75) is 63.3 Å². The van der Waals surface area contributed by atoms with E-state index in [1.165, 1.54) is 4.90 Å². The third-order valence-corrected chi connectivity index (χ3v) is 10.7. The highest BCUT2D eigenvalue weighted by Crippen LogP contribution is 2.65. The summed E-state index contributed by atoms with van der Waals surface area (Å²) >= 11 is 0. The number of amides is 3. The summed E-state index contributed by atoms with van der Waals surface area (Å²) in [7, 11) is 0. The Kier molecular flexibility index (Phi) is 9.16. The van der Waals surface area contributed by atoms with Gasteiger partial charge in [0.25, 0.3) is 5.91 Å². The monoisotopic (exact) mass is 647 g/mol. The zero-order valence-corrected chi connectivity index (χ0v) is 28.0. The molecule has 0 aromatic heterocycles. The SMILES string of the molecule is C=CCN(C(=O)[C@H]1[C@H]2C(=O)N([C@H](CO)c3ccccc3)C(C(=O)N(CC=C)c3c(C)cccc3C)C23CC[C@]1(CC)O3)c1ccccc1. The Hall–Kier alpha value is -4.53. The van der Waals surface area contributed by atoms with Gasteiger partial charge in [0.05, 0.1) is 30.1 Å². The molecule has 8 heteroatoms. The van der Waals surface area contributed by atoms with E-state index in [1.54, 1.807) is 22.0 Å². The van der Waals surface area contributed by atoms with Crippen LogP contribution in [0.2, 0.25) is 0 Å². The number of ether oxygens (including phenoxy) is 1. The van der Waals surface area contributed by atoms with Crippen molar-refractivity contribution in [3.8, 4) is 0 Å². The van der Waals surface area contributed by atoms with E-state index in [-0.39, 0.29) is 30.8 Å².